The Morgan fingerprint density at radius 2 is 1.89 bits per heavy atom. The van der Waals surface area contributed by atoms with E-state index in [0.717, 1.165) is 0 Å². The number of carbonyl (C=O) groups is 2. The molecule has 1 aliphatic heterocycles. The molecule has 144 valence electrons. The molecule has 0 radical (unpaired) electrons. The fourth-order valence-electron chi connectivity index (χ4n) is 3.18. The number of benzene rings is 2. The molecule has 0 aliphatic carbocycles. The van der Waals surface area contributed by atoms with Crippen LogP contribution >= 0.6 is 23.2 Å². The average Bonchev–Trinajstić information content (AvgIpc) is 2.94. The number of aromatic nitrogens is 2. The molecule has 8 nitrogen and oxygen atoms in total. The lowest BCUT2D eigenvalue weighted by Crippen LogP contribution is -2.60. The molecule has 1 aromatic heterocycles. The highest BCUT2D eigenvalue weighted by Crippen LogP contribution is 2.36. The lowest BCUT2D eigenvalue weighted by atomic mass is 10.0. The number of rotatable bonds is 3. The van der Waals surface area contributed by atoms with Crippen LogP contribution in [0.5, 0.6) is 0 Å². The number of carbonyl (C=O) groups excluding carboxylic acids is 1. The van der Waals surface area contributed by atoms with E-state index in [1.807, 2.05) is 0 Å². The zero-order valence-corrected chi connectivity index (χ0v) is 16.3. The maximum absolute atomic E-state index is 12.7. The summed E-state index contributed by atoms with van der Waals surface area (Å²) in [4.78, 5) is 28.7. The number of hydrogen-bond donors (Lipinski definition) is 4. The monoisotopic (exact) mass is 419 g/mol. The smallest absolute Gasteiger partial charge is 0.350 e. The summed E-state index contributed by atoms with van der Waals surface area (Å²) in [5.41, 5.74) is 0.723. The van der Waals surface area contributed by atoms with Gasteiger partial charge in [0, 0.05) is 7.05 Å². The number of aryl methyl sites for hydroxylation is 1. The number of para-hydroxylation sites is 1. The zero-order valence-electron chi connectivity index (χ0n) is 14.8. The van der Waals surface area contributed by atoms with Crippen LogP contribution in [0, 0.1) is 0 Å². The van der Waals surface area contributed by atoms with Crippen molar-refractivity contribution in [1.82, 2.24) is 14.9 Å². The van der Waals surface area contributed by atoms with Crippen molar-refractivity contribution in [1.29, 1.82) is 0 Å². The molecule has 0 spiro atoms. The summed E-state index contributed by atoms with van der Waals surface area (Å²) in [6.45, 7) is 1.38. The van der Waals surface area contributed by atoms with Crippen LogP contribution in [0.15, 0.2) is 30.3 Å². The molecule has 1 atom stereocenters. The lowest BCUT2D eigenvalue weighted by molar-refractivity contribution is -0.142. The van der Waals surface area contributed by atoms with E-state index in [9.17, 15) is 14.7 Å². The molecule has 0 saturated carbocycles. The number of anilines is 3. The maximum Gasteiger partial charge on any atom is 0.350 e. The number of nitrogens with one attached hydrogen (secondary N) is 3. The fourth-order valence-corrected chi connectivity index (χ4v) is 3.67. The van der Waals surface area contributed by atoms with E-state index in [1.54, 1.807) is 41.9 Å². The summed E-state index contributed by atoms with van der Waals surface area (Å²) in [5, 5.41) is 18.7. The minimum absolute atomic E-state index is 0.310. The summed E-state index contributed by atoms with van der Waals surface area (Å²) in [6.07, 6.45) is 0. The Hall–Kier alpha value is -2.97. The number of fused-ring (bicyclic) bond motifs is 3. The third-order valence-corrected chi connectivity index (χ3v) is 5.27. The molecule has 0 saturated heterocycles. The topological polar surface area (TPSA) is 108 Å². The molecule has 0 bridgehead atoms. The number of nitrogens with zero attached hydrogens (tertiary/aromatic N) is 2. The van der Waals surface area contributed by atoms with Crippen molar-refractivity contribution in [2.75, 3.05) is 10.6 Å². The summed E-state index contributed by atoms with van der Waals surface area (Å²) in [6, 6.07) is 8.48. The number of imidazole rings is 1. The molecule has 4 rings (SSSR count). The molecule has 10 heteroatoms. The Labute approximate surface area is 169 Å². The molecule has 2 aromatic carbocycles. The maximum atomic E-state index is 12.7. The first-order valence-corrected chi connectivity index (χ1v) is 9.01. The highest BCUT2D eigenvalue weighted by Gasteiger charge is 2.41. The predicted octanol–water partition coefficient (Wildman–Crippen LogP) is 3.58. The quantitative estimate of drug-likeness (QED) is 0.516. The summed E-state index contributed by atoms with van der Waals surface area (Å²) >= 11 is 12.4. The van der Waals surface area contributed by atoms with Gasteiger partial charge in [0.1, 0.15) is 0 Å². The van der Waals surface area contributed by atoms with E-state index in [0.29, 0.717) is 44.0 Å². The Balaban J connectivity index is 1.85. The van der Waals surface area contributed by atoms with Crippen molar-refractivity contribution in [3.63, 3.8) is 0 Å². The molecule has 1 unspecified atom stereocenters. The summed E-state index contributed by atoms with van der Waals surface area (Å²) < 4.78 is 1.69. The van der Waals surface area contributed by atoms with E-state index in [2.05, 4.69) is 20.9 Å². The van der Waals surface area contributed by atoms with Crippen LogP contribution < -0.4 is 16.0 Å². The molecule has 1 amide bonds. The Kier molecular flexibility index (Phi) is 4.13. The van der Waals surface area contributed by atoms with Crippen LogP contribution in [0.4, 0.5) is 17.3 Å². The van der Waals surface area contributed by atoms with Crippen LogP contribution in [0.2, 0.25) is 10.0 Å². The van der Waals surface area contributed by atoms with Crippen molar-refractivity contribution in [2.45, 2.75) is 12.6 Å². The lowest BCUT2D eigenvalue weighted by Gasteiger charge is -2.34. The Bertz CT molecular complexity index is 1140. The van der Waals surface area contributed by atoms with Crippen LogP contribution in [0.25, 0.3) is 11.0 Å². The first kappa shape index (κ1) is 18.4. The van der Waals surface area contributed by atoms with Gasteiger partial charge in [-0.25, -0.2) is 9.78 Å². The molecular weight excluding hydrogens is 405 g/mol. The SMILES string of the molecule is Cn1c(Nc2c(Cl)cccc2Cl)nc2ccc3c(c21)C(=O)NC(C)(C(=O)O)N3. The molecule has 28 heavy (non-hydrogen) atoms. The fraction of sp³-hybridized carbons (Fsp3) is 0.167. The minimum atomic E-state index is -1.59. The molecule has 0 fully saturated rings. The summed E-state index contributed by atoms with van der Waals surface area (Å²) in [7, 11) is 1.74. The molecule has 4 N–H and O–H groups in total. The van der Waals surface area contributed by atoms with Gasteiger partial charge in [-0.1, -0.05) is 29.3 Å². The normalized spacial score (nSPS) is 18.4. The highest BCUT2D eigenvalue weighted by atomic mass is 35.5. The molecule has 2 heterocycles. The first-order chi connectivity index (χ1) is 13.2. The largest absolute Gasteiger partial charge is 0.478 e. The van der Waals surface area contributed by atoms with Gasteiger partial charge in [0.2, 0.25) is 11.6 Å². The van der Waals surface area contributed by atoms with Gasteiger partial charge in [0.15, 0.2) is 0 Å². The minimum Gasteiger partial charge on any atom is -0.478 e. The Morgan fingerprint density at radius 3 is 2.54 bits per heavy atom. The van der Waals surface area contributed by atoms with E-state index >= 15 is 0 Å². The van der Waals surface area contributed by atoms with E-state index in [-0.39, 0.29) is 0 Å². The van der Waals surface area contributed by atoms with Gasteiger partial charge in [-0.15, -0.1) is 0 Å². The van der Waals surface area contributed by atoms with Crippen molar-refractivity contribution in [3.05, 3.63) is 45.9 Å². The number of amides is 1. The van der Waals surface area contributed by atoms with Gasteiger partial charge in [-0.05, 0) is 31.2 Å². The van der Waals surface area contributed by atoms with E-state index in [1.165, 1.54) is 6.92 Å². The van der Waals surface area contributed by atoms with E-state index in [4.69, 9.17) is 23.2 Å². The Morgan fingerprint density at radius 1 is 1.21 bits per heavy atom. The zero-order chi connectivity index (χ0) is 20.2. The van der Waals surface area contributed by atoms with Crippen LogP contribution in [-0.2, 0) is 11.8 Å². The van der Waals surface area contributed by atoms with Crippen molar-refractivity contribution < 1.29 is 14.7 Å². The van der Waals surface area contributed by atoms with Gasteiger partial charge in [-0.3, -0.25) is 4.79 Å². The highest BCUT2D eigenvalue weighted by molar-refractivity contribution is 6.39. The predicted molar refractivity (Wildman–Crippen MR) is 108 cm³/mol. The molecule has 3 aromatic rings. The third-order valence-electron chi connectivity index (χ3n) is 4.64. The number of carboxylic acid groups (broad SMARTS) is 1. The van der Waals surface area contributed by atoms with Gasteiger partial charge < -0.3 is 25.6 Å². The van der Waals surface area contributed by atoms with Crippen LogP contribution in [0.3, 0.4) is 0 Å². The number of halogens is 2. The number of carboxylic acids is 1. The van der Waals surface area contributed by atoms with Crippen molar-refractivity contribution in [2.24, 2.45) is 7.05 Å². The third kappa shape index (κ3) is 2.73. The number of aliphatic carboxylic acids is 1. The second-order valence-electron chi connectivity index (χ2n) is 6.58. The van der Waals surface area contributed by atoms with Crippen LogP contribution in [0.1, 0.15) is 17.3 Å². The molecular formula is C18H15Cl2N5O3. The van der Waals surface area contributed by atoms with Gasteiger partial charge in [-0.2, -0.15) is 0 Å². The van der Waals surface area contributed by atoms with Gasteiger partial charge in [0.25, 0.3) is 5.91 Å². The second-order valence-corrected chi connectivity index (χ2v) is 7.40. The van der Waals surface area contributed by atoms with Crippen molar-refractivity contribution in [3.8, 4) is 0 Å². The first-order valence-electron chi connectivity index (χ1n) is 8.26. The van der Waals surface area contributed by atoms with Crippen molar-refractivity contribution >= 4 is 63.4 Å². The van der Waals surface area contributed by atoms with Crippen LogP contribution in [-0.4, -0.2) is 32.2 Å². The number of hydrogen-bond acceptors (Lipinski definition) is 5. The van der Waals surface area contributed by atoms with Gasteiger partial charge in [0.05, 0.1) is 38.0 Å². The summed E-state index contributed by atoms with van der Waals surface area (Å²) in [5.74, 6) is -1.26. The molecule has 1 aliphatic rings. The standard InChI is InChI=1S/C18H15Cl2N5O3/c1-18(16(27)28)23-10-6-7-11-14(12(10)15(26)24-18)25(2)17(21-11)22-13-8(19)4-3-5-9(13)20/h3-7,23H,1-2H3,(H,21,22)(H,24,26)(H,27,28). The average molecular weight is 420 g/mol. The van der Waals surface area contributed by atoms with Gasteiger partial charge >= 0.3 is 5.97 Å². The van der Waals surface area contributed by atoms with E-state index < -0.39 is 17.5 Å². The second kappa shape index (κ2) is 6.29.